The van der Waals surface area contributed by atoms with Crippen molar-refractivity contribution >= 4 is 5.91 Å². The average Bonchev–Trinajstić information content (AvgIpc) is 2.96. The molecule has 0 saturated carbocycles. The predicted octanol–water partition coefficient (Wildman–Crippen LogP) is -0.938. The third kappa shape index (κ3) is 2.21. The van der Waals surface area contributed by atoms with Crippen LogP contribution in [0.4, 0.5) is 0 Å². The molecule has 0 radical (unpaired) electrons. The van der Waals surface area contributed by atoms with Gasteiger partial charge >= 0.3 is 0 Å². The molecule has 2 N–H and O–H groups in total. The van der Waals surface area contributed by atoms with Crippen molar-refractivity contribution in [3.8, 4) is 0 Å². The number of ether oxygens (including phenoxy) is 1. The summed E-state index contributed by atoms with van der Waals surface area (Å²) in [5.41, 5.74) is 0. The lowest BCUT2D eigenvalue weighted by molar-refractivity contribution is -0.135. The molecule has 0 aliphatic carbocycles. The highest BCUT2D eigenvalue weighted by atomic mass is 16.5. The van der Waals surface area contributed by atoms with Gasteiger partial charge in [0, 0.05) is 31.7 Å². The summed E-state index contributed by atoms with van der Waals surface area (Å²) >= 11 is 0. The summed E-state index contributed by atoms with van der Waals surface area (Å²) in [6.45, 7) is 2.79. The lowest BCUT2D eigenvalue weighted by atomic mass is 10.0. The molecule has 92 valence electrons. The van der Waals surface area contributed by atoms with E-state index in [-0.39, 0.29) is 30.4 Å². The minimum absolute atomic E-state index is 0.0533. The predicted molar refractivity (Wildman–Crippen MR) is 58.9 cm³/mol. The van der Waals surface area contributed by atoms with Crippen LogP contribution in [0.25, 0.3) is 0 Å². The first-order valence-corrected chi connectivity index (χ1v) is 5.91. The van der Waals surface area contributed by atoms with Gasteiger partial charge in [0.2, 0.25) is 5.91 Å². The van der Waals surface area contributed by atoms with E-state index in [0.717, 1.165) is 13.0 Å². The van der Waals surface area contributed by atoms with Crippen LogP contribution in [0.3, 0.4) is 0 Å². The standard InChI is InChI=1S/C11H20N2O3/c1-12-10-7-16-6-9(10)11(15)13-3-2-8(4-13)5-14/h8-10,12,14H,2-7H2,1H3. The Morgan fingerprint density at radius 3 is 3.00 bits per heavy atom. The van der Waals surface area contributed by atoms with E-state index in [1.807, 2.05) is 11.9 Å². The molecule has 5 heteroatoms. The van der Waals surface area contributed by atoms with Gasteiger partial charge in [0.15, 0.2) is 0 Å². The van der Waals surface area contributed by atoms with Crippen molar-refractivity contribution < 1.29 is 14.6 Å². The highest BCUT2D eigenvalue weighted by molar-refractivity contribution is 5.80. The Hall–Kier alpha value is -0.650. The molecule has 3 atom stereocenters. The normalized spacial score (nSPS) is 34.6. The SMILES string of the molecule is CNC1COCC1C(=O)N1CCC(CO)C1. The van der Waals surface area contributed by atoms with E-state index in [9.17, 15) is 4.79 Å². The van der Waals surface area contributed by atoms with Crippen LogP contribution in [0.5, 0.6) is 0 Å². The van der Waals surface area contributed by atoms with Crippen LogP contribution in [-0.2, 0) is 9.53 Å². The number of nitrogens with one attached hydrogen (secondary N) is 1. The van der Waals surface area contributed by atoms with E-state index < -0.39 is 0 Å². The van der Waals surface area contributed by atoms with Crippen molar-refractivity contribution in [2.75, 3.05) is 40.0 Å². The number of rotatable bonds is 3. The number of hydrogen-bond donors (Lipinski definition) is 2. The monoisotopic (exact) mass is 228 g/mol. The molecule has 3 unspecified atom stereocenters. The van der Waals surface area contributed by atoms with Gasteiger partial charge in [-0.2, -0.15) is 0 Å². The molecular weight excluding hydrogens is 208 g/mol. The Morgan fingerprint density at radius 1 is 1.56 bits per heavy atom. The fraction of sp³-hybridized carbons (Fsp3) is 0.909. The molecule has 1 amide bonds. The summed E-state index contributed by atoms with van der Waals surface area (Å²) in [5.74, 6) is 0.384. The molecule has 2 fully saturated rings. The van der Waals surface area contributed by atoms with Crippen molar-refractivity contribution in [2.45, 2.75) is 12.5 Å². The number of likely N-dealkylation sites (N-methyl/N-ethyl adjacent to an activating group) is 1. The van der Waals surface area contributed by atoms with Crippen LogP contribution in [0.1, 0.15) is 6.42 Å². The average molecular weight is 228 g/mol. The van der Waals surface area contributed by atoms with Crippen LogP contribution in [0, 0.1) is 11.8 Å². The number of nitrogens with zero attached hydrogens (tertiary/aromatic N) is 1. The van der Waals surface area contributed by atoms with Crippen molar-refractivity contribution in [3.05, 3.63) is 0 Å². The minimum atomic E-state index is -0.0533. The second kappa shape index (κ2) is 5.12. The maximum absolute atomic E-state index is 12.2. The van der Waals surface area contributed by atoms with Gasteiger partial charge in [-0.25, -0.2) is 0 Å². The number of amides is 1. The zero-order chi connectivity index (χ0) is 11.5. The summed E-state index contributed by atoms with van der Waals surface area (Å²) in [5, 5.41) is 12.2. The molecule has 0 aromatic carbocycles. The van der Waals surface area contributed by atoms with Gasteiger partial charge in [0.05, 0.1) is 19.1 Å². The summed E-state index contributed by atoms with van der Waals surface area (Å²) in [4.78, 5) is 14.1. The van der Waals surface area contributed by atoms with Gasteiger partial charge in [-0.3, -0.25) is 4.79 Å². The summed E-state index contributed by atoms with van der Waals surface area (Å²) in [6, 6.07) is 0.140. The van der Waals surface area contributed by atoms with Crippen molar-refractivity contribution in [3.63, 3.8) is 0 Å². The van der Waals surface area contributed by atoms with Gasteiger partial charge in [-0.1, -0.05) is 0 Å². The Labute approximate surface area is 95.8 Å². The highest BCUT2D eigenvalue weighted by Crippen LogP contribution is 2.22. The molecular formula is C11H20N2O3. The fourth-order valence-corrected chi connectivity index (χ4v) is 2.50. The summed E-state index contributed by atoms with van der Waals surface area (Å²) in [6.07, 6.45) is 0.917. The third-order valence-corrected chi connectivity index (χ3v) is 3.62. The smallest absolute Gasteiger partial charge is 0.229 e. The van der Waals surface area contributed by atoms with Gasteiger partial charge in [-0.15, -0.1) is 0 Å². The molecule has 2 aliphatic heterocycles. The second-order valence-corrected chi connectivity index (χ2v) is 4.66. The van der Waals surface area contributed by atoms with Gasteiger partial charge in [0.25, 0.3) is 0 Å². The number of aliphatic hydroxyl groups is 1. The molecule has 5 nitrogen and oxygen atoms in total. The van der Waals surface area contributed by atoms with Crippen molar-refractivity contribution in [1.29, 1.82) is 0 Å². The summed E-state index contributed by atoms with van der Waals surface area (Å²) < 4.78 is 5.34. The fourth-order valence-electron chi connectivity index (χ4n) is 2.50. The molecule has 0 spiro atoms. The number of aliphatic hydroxyl groups excluding tert-OH is 1. The van der Waals surface area contributed by atoms with E-state index in [1.54, 1.807) is 0 Å². The number of likely N-dealkylation sites (tertiary alicyclic amines) is 1. The largest absolute Gasteiger partial charge is 0.396 e. The maximum atomic E-state index is 12.2. The molecule has 2 aliphatic rings. The molecule has 0 bridgehead atoms. The van der Waals surface area contributed by atoms with Crippen LogP contribution in [0.15, 0.2) is 0 Å². The Bertz CT molecular complexity index is 260. The molecule has 16 heavy (non-hydrogen) atoms. The Balaban J connectivity index is 1.92. The zero-order valence-corrected chi connectivity index (χ0v) is 9.69. The first-order chi connectivity index (χ1) is 7.76. The van der Waals surface area contributed by atoms with Gasteiger partial charge < -0.3 is 20.1 Å². The first kappa shape index (κ1) is 11.8. The minimum Gasteiger partial charge on any atom is -0.396 e. The van der Waals surface area contributed by atoms with Gasteiger partial charge in [-0.05, 0) is 13.5 Å². The first-order valence-electron chi connectivity index (χ1n) is 5.91. The lowest BCUT2D eigenvalue weighted by Crippen LogP contribution is -2.44. The van der Waals surface area contributed by atoms with E-state index >= 15 is 0 Å². The van der Waals surface area contributed by atoms with E-state index in [1.165, 1.54) is 0 Å². The number of carbonyl (C=O) groups excluding carboxylic acids is 1. The quantitative estimate of drug-likeness (QED) is 0.654. The molecule has 2 heterocycles. The van der Waals surface area contributed by atoms with Crippen LogP contribution in [0.2, 0.25) is 0 Å². The molecule has 0 aromatic rings. The topological polar surface area (TPSA) is 61.8 Å². The highest BCUT2D eigenvalue weighted by Gasteiger charge is 2.37. The van der Waals surface area contributed by atoms with Crippen LogP contribution >= 0.6 is 0 Å². The number of hydrogen-bond acceptors (Lipinski definition) is 4. The van der Waals surface area contributed by atoms with Crippen molar-refractivity contribution in [2.24, 2.45) is 11.8 Å². The Morgan fingerprint density at radius 2 is 2.38 bits per heavy atom. The zero-order valence-electron chi connectivity index (χ0n) is 9.69. The summed E-state index contributed by atoms with van der Waals surface area (Å²) in [7, 11) is 1.86. The van der Waals surface area contributed by atoms with E-state index in [0.29, 0.717) is 19.8 Å². The van der Waals surface area contributed by atoms with Crippen LogP contribution in [-0.4, -0.2) is 61.9 Å². The molecule has 2 rings (SSSR count). The maximum Gasteiger partial charge on any atom is 0.229 e. The van der Waals surface area contributed by atoms with Crippen LogP contribution < -0.4 is 5.32 Å². The lowest BCUT2D eigenvalue weighted by Gasteiger charge is -2.23. The second-order valence-electron chi connectivity index (χ2n) is 4.66. The molecule has 0 aromatic heterocycles. The third-order valence-electron chi connectivity index (χ3n) is 3.62. The molecule has 2 saturated heterocycles. The van der Waals surface area contributed by atoms with E-state index in [4.69, 9.17) is 9.84 Å². The van der Waals surface area contributed by atoms with Gasteiger partial charge in [0.1, 0.15) is 0 Å². The van der Waals surface area contributed by atoms with Crippen molar-refractivity contribution in [1.82, 2.24) is 10.2 Å². The number of carbonyl (C=O) groups is 1. The van der Waals surface area contributed by atoms with E-state index in [2.05, 4.69) is 5.32 Å². The Kier molecular flexibility index (Phi) is 3.78.